The number of halogens is 1. The van der Waals surface area contributed by atoms with Crippen molar-refractivity contribution < 1.29 is 19.1 Å². The van der Waals surface area contributed by atoms with Crippen LogP contribution in [0.25, 0.3) is 0 Å². The zero-order chi connectivity index (χ0) is 23.7. The minimum atomic E-state index is -1.22. The van der Waals surface area contributed by atoms with E-state index in [0.29, 0.717) is 19.4 Å². The lowest BCUT2D eigenvalue weighted by Crippen LogP contribution is -2.41. The zero-order valence-electron chi connectivity index (χ0n) is 20.4. The molecule has 0 N–H and O–H groups in total. The highest BCUT2D eigenvalue weighted by atomic mass is 79.9. The van der Waals surface area contributed by atoms with Crippen LogP contribution < -0.4 is 0 Å². The summed E-state index contributed by atoms with van der Waals surface area (Å²) >= 11 is 3.41. The number of benzene rings is 1. The van der Waals surface area contributed by atoms with E-state index in [1.807, 2.05) is 38.1 Å². The first-order chi connectivity index (χ1) is 15.5. The molecule has 0 atom stereocenters. The van der Waals surface area contributed by atoms with Gasteiger partial charge in [-0.25, -0.2) is 0 Å². The Morgan fingerprint density at radius 3 is 1.84 bits per heavy atom. The summed E-state index contributed by atoms with van der Waals surface area (Å²) in [5.41, 5.74) is -0.341. The molecule has 5 heteroatoms. The highest BCUT2D eigenvalue weighted by Gasteiger charge is 2.45. The molecule has 0 bridgehead atoms. The maximum Gasteiger partial charge on any atom is 0.323 e. The van der Waals surface area contributed by atoms with E-state index < -0.39 is 17.4 Å². The molecule has 0 aliphatic heterocycles. The summed E-state index contributed by atoms with van der Waals surface area (Å²) < 4.78 is 11.9. The van der Waals surface area contributed by atoms with Gasteiger partial charge < -0.3 is 9.47 Å². The number of hydrogen-bond acceptors (Lipinski definition) is 4. The lowest BCUT2D eigenvalue weighted by molar-refractivity contribution is -0.174. The van der Waals surface area contributed by atoms with Gasteiger partial charge in [-0.1, -0.05) is 113 Å². The first-order valence-electron chi connectivity index (χ1n) is 12.6. The minimum Gasteiger partial charge on any atom is -0.465 e. The van der Waals surface area contributed by atoms with Crippen molar-refractivity contribution >= 4 is 27.9 Å². The molecule has 0 saturated carbocycles. The van der Waals surface area contributed by atoms with E-state index in [4.69, 9.17) is 9.47 Å². The number of carbonyl (C=O) groups is 2. The highest BCUT2D eigenvalue weighted by Crippen LogP contribution is 2.31. The fraction of sp³-hybridized carbons (Fsp3) is 0.704. The van der Waals surface area contributed by atoms with E-state index >= 15 is 0 Å². The quantitative estimate of drug-likeness (QED) is 0.113. The first kappa shape index (κ1) is 28.7. The van der Waals surface area contributed by atoms with Crippen molar-refractivity contribution in [2.45, 2.75) is 111 Å². The Hall–Kier alpha value is -1.36. The summed E-state index contributed by atoms with van der Waals surface area (Å²) in [6.07, 6.45) is 14.4. The van der Waals surface area contributed by atoms with Crippen LogP contribution in [-0.2, 0) is 25.7 Å². The molecule has 182 valence electrons. The van der Waals surface area contributed by atoms with Crippen LogP contribution >= 0.6 is 15.9 Å². The SMILES string of the molecule is CCCCCCCCCCCCCOC(=O)C(CC)(CC)C(=O)OCc1cccc(Br)c1. The molecular weight excluding hydrogens is 468 g/mol. The molecule has 0 heterocycles. The standard InChI is InChI=1S/C27H43BrO4/c1-4-7-8-9-10-11-12-13-14-15-16-20-31-25(29)27(5-2,6-3)26(30)32-22-23-18-17-19-24(28)21-23/h17-19,21H,4-16,20,22H2,1-3H3. The molecular formula is C27H43BrO4. The fourth-order valence-electron chi connectivity index (χ4n) is 3.89. The molecule has 0 aromatic heterocycles. The van der Waals surface area contributed by atoms with Crippen LogP contribution in [0, 0.1) is 5.41 Å². The Morgan fingerprint density at radius 2 is 1.31 bits per heavy atom. The number of hydrogen-bond donors (Lipinski definition) is 0. The lowest BCUT2D eigenvalue weighted by atomic mass is 9.82. The van der Waals surface area contributed by atoms with Crippen LogP contribution in [0.2, 0.25) is 0 Å². The van der Waals surface area contributed by atoms with E-state index in [0.717, 1.165) is 22.9 Å². The lowest BCUT2D eigenvalue weighted by Gasteiger charge is -2.27. The van der Waals surface area contributed by atoms with E-state index in [-0.39, 0.29) is 6.61 Å². The summed E-state index contributed by atoms with van der Waals surface area (Å²) in [4.78, 5) is 25.6. The molecule has 1 aromatic rings. The Morgan fingerprint density at radius 1 is 0.781 bits per heavy atom. The van der Waals surface area contributed by atoms with Crippen molar-refractivity contribution in [2.24, 2.45) is 5.41 Å². The molecule has 0 unspecified atom stereocenters. The van der Waals surface area contributed by atoms with Gasteiger partial charge in [0.25, 0.3) is 0 Å². The van der Waals surface area contributed by atoms with E-state index in [1.54, 1.807) is 0 Å². The normalized spacial score (nSPS) is 11.4. The largest absolute Gasteiger partial charge is 0.465 e. The van der Waals surface area contributed by atoms with E-state index in [2.05, 4.69) is 22.9 Å². The van der Waals surface area contributed by atoms with Gasteiger partial charge in [0.05, 0.1) is 6.61 Å². The molecule has 0 saturated heterocycles. The van der Waals surface area contributed by atoms with Crippen molar-refractivity contribution in [3.8, 4) is 0 Å². The molecule has 4 nitrogen and oxygen atoms in total. The smallest absolute Gasteiger partial charge is 0.323 e. The molecule has 0 spiro atoms. The number of esters is 2. The summed E-state index contributed by atoms with van der Waals surface area (Å²) in [5.74, 6) is -0.944. The van der Waals surface area contributed by atoms with Gasteiger partial charge in [-0.15, -0.1) is 0 Å². The maximum absolute atomic E-state index is 12.8. The molecule has 0 radical (unpaired) electrons. The molecule has 0 fully saturated rings. The Balaban J connectivity index is 2.29. The number of unbranched alkanes of at least 4 members (excludes halogenated alkanes) is 10. The number of ether oxygens (including phenoxy) is 2. The minimum absolute atomic E-state index is 0.145. The fourth-order valence-corrected chi connectivity index (χ4v) is 4.34. The van der Waals surface area contributed by atoms with Gasteiger partial charge in [-0.05, 0) is 37.0 Å². The van der Waals surface area contributed by atoms with Crippen molar-refractivity contribution in [2.75, 3.05) is 6.61 Å². The van der Waals surface area contributed by atoms with Crippen LogP contribution in [0.3, 0.4) is 0 Å². The van der Waals surface area contributed by atoms with Gasteiger partial charge in [0, 0.05) is 4.47 Å². The third-order valence-corrected chi connectivity index (χ3v) is 6.72. The van der Waals surface area contributed by atoms with E-state index in [1.165, 1.54) is 57.8 Å². The van der Waals surface area contributed by atoms with Crippen molar-refractivity contribution in [1.29, 1.82) is 0 Å². The van der Waals surface area contributed by atoms with Gasteiger partial charge >= 0.3 is 11.9 Å². The van der Waals surface area contributed by atoms with Crippen molar-refractivity contribution in [3.63, 3.8) is 0 Å². The monoisotopic (exact) mass is 510 g/mol. The van der Waals surface area contributed by atoms with Crippen molar-refractivity contribution in [3.05, 3.63) is 34.3 Å². The van der Waals surface area contributed by atoms with Crippen molar-refractivity contribution in [1.82, 2.24) is 0 Å². The van der Waals surface area contributed by atoms with Gasteiger partial charge in [-0.2, -0.15) is 0 Å². The first-order valence-corrected chi connectivity index (χ1v) is 13.4. The second-order valence-electron chi connectivity index (χ2n) is 8.67. The summed E-state index contributed by atoms with van der Waals surface area (Å²) in [5, 5.41) is 0. The average molecular weight is 512 g/mol. The summed E-state index contributed by atoms with van der Waals surface area (Å²) in [6, 6.07) is 7.60. The third-order valence-electron chi connectivity index (χ3n) is 6.23. The van der Waals surface area contributed by atoms with Crippen LogP contribution in [0.1, 0.15) is 110 Å². The topological polar surface area (TPSA) is 52.6 Å². The van der Waals surface area contributed by atoms with Gasteiger partial charge in [0.15, 0.2) is 5.41 Å². The Kier molecular flexibility index (Phi) is 15.4. The van der Waals surface area contributed by atoms with Gasteiger partial charge in [0.2, 0.25) is 0 Å². The molecule has 1 aromatic carbocycles. The van der Waals surface area contributed by atoms with Gasteiger partial charge in [0.1, 0.15) is 6.61 Å². The molecule has 32 heavy (non-hydrogen) atoms. The second-order valence-corrected chi connectivity index (χ2v) is 9.58. The zero-order valence-corrected chi connectivity index (χ0v) is 22.0. The molecule has 0 aliphatic rings. The number of rotatable bonds is 18. The van der Waals surface area contributed by atoms with Crippen LogP contribution in [0.15, 0.2) is 28.7 Å². The van der Waals surface area contributed by atoms with Crippen LogP contribution in [-0.4, -0.2) is 18.5 Å². The summed E-state index contributed by atoms with van der Waals surface area (Å²) in [6.45, 7) is 6.45. The average Bonchev–Trinajstić information content (AvgIpc) is 2.79. The molecule has 0 amide bonds. The second kappa shape index (κ2) is 17.2. The van der Waals surface area contributed by atoms with Crippen LogP contribution in [0.5, 0.6) is 0 Å². The van der Waals surface area contributed by atoms with E-state index in [9.17, 15) is 9.59 Å². The third kappa shape index (κ3) is 10.5. The maximum atomic E-state index is 12.8. The van der Waals surface area contributed by atoms with Crippen LogP contribution in [0.4, 0.5) is 0 Å². The van der Waals surface area contributed by atoms with Gasteiger partial charge in [-0.3, -0.25) is 9.59 Å². The predicted molar refractivity (Wildman–Crippen MR) is 134 cm³/mol. The summed E-state index contributed by atoms with van der Waals surface area (Å²) in [7, 11) is 0. The molecule has 1 rings (SSSR count). The highest BCUT2D eigenvalue weighted by molar-refractivity contribution is 9.10. The number of carbonyl (C=O) groups excluding carboxylic acids is 2. The predicted octanol–water partition coefficient (Wildman–Crippen LogP) is 8.15. The molecule has 0 aliphatic carbocycles. The Bertz CT molecular complexity index is 655. The Labute approximate surface area is 204 Å².